The first-order chi connectivity index (χ1) is 23.8. The van der Waals surface area contributed by atoms with Crippen molar-refractivity contribution in [1.29, 1.82) is 0 Å². The quantitative estimate of drug-likeness (QED) is 0.103. The summed E-state index contributed by atoms with van der Waals surface area (Å²) in [5.74, 6) is 1.24. The summed E-state index contributed by atoms with van der Waals surface area (Å²) in [6, 6.07) is 12.7. The Morgan fingerprint density at radius 1 is 1.06 bits per heavy atom. The number of phenolic OH excluding ortho intramolecular Hbond substituents is 3. The van der Waals surface area contributed by atoms with Crippen LogP contribution in [0.25, 0.3) is 0 Å². The lowest BCUT2D eigenvalue weighted by Crippen LogP contribution is -2.50. The zero-order valence-electron chi connectivity index (χ0n) is 27.5. The molecule has 3 heterocycles. The fourth-order valence-corrected chi connectivity index (χ4v) is 10.9. The summed E-state index contributed by atoms with van der Waals surface area (Å²) in [4.78, 5) is 16.5. The van der Waals surface area contributed by atoms with Crippen molar-refractivity contribution in [2.75, 3.05) is 12.4 Å². The van der Waals surface area contributed by atoms with Crippen molar-refractivity contribution in [3.05, 3.63) is 83.7 Å². The zero-order chi connectivity index (χ0) is 33.9. The molecule has 4 aliphatic rings. The maximum atomic E-state index is 12.4. The molecule has 260 valence electrons. The third kappa shape index (κ3) is 7.94. The molecule has 3 N–H and O–H groups in total. The van der Waals surface area contributed by atoms with E-state index in [1.165, 1.54) is 19.4 Å². The molecule has 2 aliphatic heterocycles. The van der Waals surface area contributed by atoms with Crippen molar-refractivity contribution in [3.8, 4) is 28.7 Å². The molecule has 3 aromatic rings. The van der Waals surface area contributed by atoms with E-state index in [4.69, 9.17) is 18.9 Å². The van der Waals surface area contributed by atoms with E-state index >= 15 is 0 Å². The number of aromatic hydroxyl groups is 3. The Kier molecular flexibility index (Phi) is 10.5. The number of hydrogen-bond acceptors (Lipinski definition) is 11. The predicted octanol–water partition coefficient (Wildman–Crippen LogP) is 7.33. The fraction of sp³-hybridized carbons (Fsp3) is 0.474. The minimum absolute atomic E-state index is 0.00629. The van der Waals surface area contributed by atoms with Crippen LogP contribution in [0.3, 0.4) is 0 Å². The summed E-state index contributed by atoms with van der Waals surface area (Å²) in [5.41, 5.74) is 2.66. The number of esters is 1. The Hall–Kier alpha value is -3.54. The van der Waals surface area contributed by atoms with Gasteiger partial charge in [-0.25, -0.2) is 0 Å². The van der Waals surface area contributed by atoms with E-state index in [0.717, 1.165) is 36.1 Å². The monoisotopic (exact) mass is 705 g/mol. The van der Waals surface area contributed by atoms with Gasteiger partial charge in [0.1, 0.15) is 6.10 Å². The van der Waals surface area contributed by atoms with Crippen molar-refractivity contribution in [2.45, 2.75) is 81.5 Å². The van der Waals surface area contributed by atoms with Gasteiger partial charge < -0.3 is 34.3 Å². The summed E-state index contributed by atoms with van der Waals surface area (Å²) < 4.78 is 25.3. The highest BCUT2D eigenvalue weighted by Gasteiger charge is 2.48. The third-order valence-electron chi connectivity index (χ3n) is 10.1. The van der Waals surface area contributed by atoms with Crippen molar-refractivity contribution in [2.24, 2.45) is 17.8 Å². The Balaban J connectivity index is 1.19. The van der Waals surface area contributed by atoms with E-state index < -0.39 is 12.2 Å². The molecule has 0 amide bonds. The highest BCUT2D eigenvalue weighted by molar-refractivity contribution is 8.77. The van der Waals surface area contributed by atoms with Crippen molar-refractivity contribution in [1.82, 2.24) is 4.98 Å². The van der Waals surface area contributed by atoms with Gasteiger partial charge in [-0.05, 0) is 85.0 Å². The maximum Gasteiger partial charge on any atom is 0.302 e. The Morgan fingerprint density at radius 3 is 2.80 bits per heavy atom. The van der Waals surface area contributed by atoms with Gasteiger partial charge in [-0.15, -0.1) is 0 Å². The first-order valence-electron chi connectivity index (χ1n) is 17.2. The van der Waals surface area contributed by atoms with Crippen LogP contribution in [-0.4, -0.2) is 62.2 Å². The third-order valence-corrected chi connectivity index (χ3v) is 13.0. The van der Waals surface area contributed by atoms with Crippen molar-refractivity contribution < 1.29 is 39.1 Å². The molecule has 49 heavy (non-hydrogen) atoms. The van der Waals surface area contributed by atoms with Crippen LogP contribution < -0.4 is 9.47 Å². The molecule has 2 fully saturated rings. The van der Waals surface area contributed by atoms with E-state index in [0.29, 0.717) is 36.5 Å². The largest absolute Gasteiger partial charge is 0.504 e. The van der Waals surface area contributed by atoms with Crippen LogP contribution in [0.4, 0.5) is 0 Å². The Bertz CT molecular complexity index is 1650. The van der Waals surface area contributed by atoms with Crippen LogP contribution in [0, 0.1) is 17.8 Å². The van der Waals surface area contributed by atoms with Crippen LogP contribution in [0.2, 0.25) is 0 Å². The van der Waals surface area contributed by atoms with Gasteiger partial charge in [0.15, 0.2) is 23.0 Å². The van der Waals surface area contributed by atoms with Crippen LogP contribution in [-0.2, 0) is 27.1 Å². The van der Waals surface area contributed by atoms with Crippen LogP contribution in [0.15, 0.2) is 67.0 Å². The lowest BCUT2D eigenvalue weighted by atomic mass is 9.74. The molecule has 2 aliphatic carbocycles. The number of carbonyl (C=O) groups excluding carboxylic acids is 1. The second-order valence-corrected chi connectivity index (χ2v) is 16.2. The molecule has 7 rings (SSSR count). The number of rotatable bonds is 6. The minimum atomic E-state index is -0.537. The number of benzene rings is 2. The average Bonchev–Trinajstić information content (AvgIpc) is 3.09. The van der Waals surface area contributed by atoms with Crippen molar-refractivity contribution >= 4 is 27.6 Å². The number of ether oxygens (including phenoxy) is 4. The summed E-state index contributed by atoms with van der Waals surface area (Å²) in [6.07, 6.45) is 12.6. The molecule has 9 nitrogen and oxygen atoms in total. The van der Waals surface area contributed by atoms with Crippen LogP contribution >= 0.6 is 21.6 Å². The predicted molar refractivity (Wildman–Crippen MR) is 189 cm³/mol. The van der Waals surface area contributed by atoms with E-state index in [2.05, 4.69) is 17.1 Å². The molecule has 0 unspecified atom stereocenters. The highest BCUT2D eigenvalue weighted by Crippen LogP contribution is 2.50. The van der Waals surface area contributed by atoms with E-state index in [-0.39, 0.29) is 64.9 Å². The first kappa shape index (κ1) is 33.9. The number of fused-ring (bicyclic) bond motifs is 7. The summed E-state index contributed by atoms with van der Waals surface area (Å²) >= 11 is 0. The molecule has 8 atom stereocenters. The number of aromatic nitrogens is 1. The number of hydrogen-bond donors (Lipinski definition) is 3. The fourth-order valence-electron chi connectivity index (χ4n) is 7.67. The molecule has 11 heteroatoms. The van der Waals surface area contributed by atoms with Gasteiger partial charge in [0.05, 0.1) is 24.9 Å². The lowest BCUT2D eigenvalue weighted by molar-refractivity contribution is -0.177. The van der Waals surface area contributed by atoms with Gasteiger partial charge in [-0.1, -0.05) is 45.9 Å². The topological polar surface area (TPSA) is 128 Å². The highest BCUT2D eigenvalue weighted by atomic mass is 33.1. The zero-order valence-corrected chi connectivity index (χ0v) is 29.1. The van der Waals surface area contributed by atoms with Gasteiger partial charge >= 0.3 is 5.97 Å². The van der Waals surface area contributed by atoms with Gasteiger partial charge in [0.2, 0.25) is 5.75 Å². The summed E-state index contributed by atoms with van der Waals surface area (Å²) in [5, 5.41) is 32.4. The van der Waals surface area contributed by atoms with Crippen LogP contribution in [0.5, 0.6) is 28.7 Å². The second kappa shape index (κ2) is 15.1. The van der Waals surface area contributed by atoms with Gasteiger partial charge in [-0.3, -0.25) is 9.78 Å². The average molecular weight is 706 g/mol. The van der Waals surface area contributed by atoms with Crippen LogP contribution in [0.1, 0.15) is 61.8 Å². The molecule has 1 saturated carbocycles. The lowest BCUT2D eigenvalue weighted by Gasteiger charge is -2.47. The Labute approximate surface area is 294 Å². The van der Waals surface area contributed by atoms with E-state index in [9.17, 15) is 20.1 Å². The summed E-state index contributed by atoms with van der Waals surface area (Å²) in [6.45, 7) is 1.70. The number of carbonyl (C=O) groups is 1. The standard InChI is InChI=1S/C38H43NO8S2/c1-22(40)45-33-19-32(26-17-31(42)37(43)35(18-26)44-13-11-23-5-3-12-39-20-23)47-38-28(33)8-10-36-29(38)15-24-7-9-30(41)34(16-24)46-27-6-2-4-25(14-27)21-48-49-36/h3,5,7-10,12,16-18,20,25,27-29,32-33,36,38,41-43H,2,4,6,11,13-15,19,21H2,1H3/t25-,27+,28+,29-,32-,33-,36-,38+/m0/s1. The number of phenols is 3. The van der Waals surface area contributed by atoms with Gasteiger partial charge in [0.25, 0.3) is 0 Å². The van der Waals surface area contributed by atoms with Gasteiger partial charge in [0, 0.05) is 55.0 Å². The molecule has 1 aromatic heterocycles. The van der Waals surface area contributed by atoms with E-state index in [1.807, 2.05) is 45.9 Å². The molecule has 0 radical (unpaired) electrons. The van der Waals surface area contributed by atoms with E-state index in [1.54, 1.807) is 24.5 Å². The molecular formula is C38H43NO8S2. The smallest absolute Gasteiger partial charge is 0.302 e. The van der Waals surface area contributed by atoms with Crippen molar-refractivity contribution in [3.63, 3.8) is 0 Å². The first-order valence-corrected chi connectivity index (χ1v) is 19.5. The molecule has 1 saturated heterocycles. The summed E-state index contributed by atoms with van der Waals surface area (Å²) in [7, 11) is 3.78. The molecule has 2 aromatic carbocycles. The SMILES string of the molecule is CC(=O)O[C@H]1C[C@@H](c2cc(O)c(O)c(OCCc3cccnc3)c2)O[C@@H]2[C@@H]1C=C[C@@H]1SSC[C@H]3CCC[C@H](C3)Oc3cc(ccc3O)C[C@H]21. The maximum absolute atomic E-state index is 12.4. The normalized spacial score (nSPS) is 29.5. The molecule has 4 bridgehead atoms. The molecule has 0 spiro atoms. The number of nitrogens with zero attached hydrogens (tertiary/aromatic N) is 1. The second-order valence-electron chi connectivity index (χ2n) is 13.6. The number of pyridine rings is 1. The molecular weight excluding hydrogens is 663 g/mol. The Morgan fingerprint density at radius 2 is 1.96 bits per heavy atom. The minimum Gasteiger partial charge on any atom is -0.504 e. The van der Waals surface area contributed by atoms with Gasteiger partial charge in [-0.2, -0.15) is 0 Å².